The molecule has 1 fully saturated rings. The summed E-state index contributed by atoms with van der Waals surface area (Å²) in [6.07, 6.45) is 4.41. The average molecular weight is 326 g/mol. The SMILES string of the molecule is CC1CCCC(CN)(C(C)(O)c2cccc(Br)c2)C1. The highest BCUT2D eigenvalue weighted by Crippen LogP contribution is 2.50. The maximum atomic E-state index is 11.2. The monoisotopic (exact) mass is 325 g/mol. The highest BCUT2D eigenvalue weighted by molar-refractivity contribution is 9.10. The predicted octanol–water partition coefficient (Wildman–Crippen LogP) is 3.81. The lowest BCUT2D eigenvalue weighted by Crippen LogP contribution is -2.51. The molecule has 3 unspecified atom stereocenters. The second-order valence-electron chi connectivity index (χ2n) is 6.27. The van der Waals surface area contributed by atoms with Crippen molar-refractivity contribution in [1.82, 2.24) is 0 Å². The van der Waals surface area contributed by atoms with Gasteiger partial charge in [0, 0.05) is 16.4 Å². The van der Waals surface area contributed by atoms with E-state index in [1.54, 1.807) is 0 Å². The second kappa shape index (κ2) is 5.55. The molecular weight excluding hydrogens is 302 g/mol. The Morgan fingerprint density at radius 1 is 1.53 bits per heavy atom. The quantitative estimate of drug-likeness (QED) is 0.887. The van der Waals surface area contributed by atoms with Crippen LogP contribution >= 0.6 is 15.9 Å². The first kappa shape index (κ1) is 15.0. The Labute approximate surface area is 124 Å². The van der Waals surface area contributed by atoms with Crippen molar-refractivity contribution in [2.75, 3.05) is 6.54 Å². The van der Waals surface area contributed by atoms with E-state index in [9.17, 15) is 5.11 Å². The molecule has 0 radical (unpaired) electrons. The van der Waals surface area contributed by atoms with Crippen LogP contribution in [0.15, 0.2) is 28.7 Å². The van der Waals surface area contributed by atoms with E-state index in [-0.39, 0.29) is 5.41 Å². The van der Waals surface area contributed by atoms with E-state index < -0.39 is 5.60 Å². The average Bonchev–Trinajstić information content (AvgIpc) is 2.38. The predicted molar refractivity (Wildman–Crippen MR) is 82.8 cm³/mol. The molecule has 0 amide bonds. The molecule has 3 atom stereocenters. The fraction of sp³-hybridized carbons (Fsp3) is 0.625. The van der Waals surface area contributed by atoms with Crippen molar-refractivity contribution in [3.05, 3.63) is 34.3 Å². The molecule has 0 saturated heterocycles. The Bertz CT molecular complexity index is 446. The molecule has 2 nitrogen and oxygen atoms in total. The fourth-order valence-corrected chi connectivity index (χ4v) is 3.98. The third kappa shape index (κ3) is 2.74. The van der Waals surface area contributed by atoms with Crippen molar-refractivity contribution in [2.45, 2.75) is 45.1 Å². The van der Waals surface area contributed by atoms with Gasteiger partial charge >= 0.3 is 0 Å². The molecule has 1 aromatic carbocycles. The zero-order valence-corrected chi connectivity index (χ0v) is 13.4. The van der Waals surface area contributed by atoms with Crippen molar-refractivity contribution >= 4 is 15.9 Å². The highest BCUT2D eigenvalue weighted by atomic mass is 79.9. The molecule has 106 valence electrons. The number of hydrogen-bond donors (Lipinski definition) is 2. The third-order valence-electron chi connectivity index (χ3n) is 4.90. The Morgan fingerprint density at radius 3 is 2.84 bits per heavy atom. The van der Waals surface area contributed by atoms with Crippen LogP contribution < -0.4 is 5.73 Å². The summed E-state index contributed by atoms with van der Waals surface area (Å²) in [5.41, 5.74) is 5.97. The summed E-state index contributed by atoms with van der Waals surface area (Å²) in [7, 11) is 0. The molecule has 3 heteroatoms. The van der Waals surface area contributed by atoms with Gasteiger partial charge in [-0.1, -0.05) is 47.8 Å². The summed E-state index contributed by atoms with van der Waals surface area (Å²) in [6, 6.07) is 7.97. The summed E-state index contributed by atoms with van der Waals surface area (Å²) in [5.74, 6) is 0.635. The first-order chi connectivity index (χ1) is 8.91. The van der Waals surface area contributed by atoms with Crippen LogP contribution in [-0.4, -0.2) is 11.7 Å². The minimum absolute atomic E-state index is 0.203. The zero-order valence-electron chi connectivity index (χ0n) is 11.8. The minimum atomic E-state index is -0.875. The van der Waals surface area contributed by atoms with Crippen molar-refractivity contribution < 1.29 is 5.11 Å². The normalized spacial score (nSPS) is 30.9. The van der Waals surface area contributed by atoms with Crippen LogP contribution in [0.1, 0.15) is 45.1 Å². The largest absolute Gasteiger partial charge is 0.385 e. The highest BCUT2D eigenvalue weighted by Gasteiger charge is 2.48. The molecule has 1 aromatic rings. The van der Waals surface area contributed by atoms with Gasteiger partial charge in [-0.05, 0) is 43.4 Å². The molecule has 1 aliphatic carbocycles. The standard InChI is InChI=1S/C16H24BrNO/c1-12-5-4-8-16(10-12,11-18)15(2,19)13-6-3-7-14(17)9-13/h3,6-7,9,12,19H,4-5,8,10-11,18H2,1-2H3. The minimum Gasteiger partial charge on any atom is -0.385 e. The summed E-state index contributed by atoms with van der Waals surface area (Å²) in [4.78, 5) is 0. The van der Waals surface area contributed by atoms with Crippen molar-refractivity contribution in [1.29, 1.82) is 0 Å². The van der Waals surface area contributed by atoms with Crippen LogP contribution in [0.3, 0.4) is 0 Å². The first-order valence-electron chi connectivity index (χ1n) is 7.10. The van der Waals surface area contributed by atoms with Crippen molar-refractivity contribution in [2.24, 2.45) is 17.1 Å². The van der Waals surface area contributed by atoms with Gasteiger partial charge in [0.25, 0.3) is 0 Å². The summed E-state index contributed by atoms with van der Waals surface area (Å²) >= 11 is 3.49. The van der Waals surface area contributed by atoms with Gasteiger partial charge in [-0.15, -0.1) is 0 Å². The van der Waals surface area contributed by atoms with Gasteiger partial charge in [-0.2, -0.15) is 0 Å². The maximum absolute atomic E-state index is 11.2. The van der Waals surface area contributed by atoms with E-state index in [1.807, 2.05) is 31.2 Å². The number of halogens is 1. The summed E-state index contributed by atoms with van der Waals surface area (Å²) in [5, 5.41) is 11.2. The number of nitrogens with two attached hydrogens (primary N) is 1. The van der Waals surface area contributed by atoms with E-state index in [0.717, 1.165) is 29.3 Å². The number of aliphatic hydroxyl groups is 1. The van der Waals surface area contributed by atoms with E-state index in [0.29, 0.717) is 12.5 Å². The molecule has 0 aromatic heterocycles. The molecule has 0 aliphatic heterocycles. The topological polar surface area (TPSA) is 46.2 Å². The van der Waals surface area contributed by atoms with Gasteiger partial charge in [0.1, 0.15) is 0 Å². The van der Waals surface area contributed by atoms with Crippen LogP contribution in [0, 0.1) is 11.3 Å². The molecule has 0 bridgehead atoms. The third-order valence-corrected chi connectivity index (χ3v) is 5.39. The Hall–Kier alpha value is -0.380. The second-order valence-corrected chi connectivity index (χ2v) is 7.18. The fourth-order valence-electron chi connectivity index (χ4n) is 3.58. The van der Waals surface area contributed by atoms with Gasteiger partial charge < -0.3 is 10.8 Å². The number of hydrogen-bond acceptors (Lipinski definition) is 2. The lowest BCUT2D eigenvalue weighted by molar-refractivity contribution is -0.101. The van der Waals surface area contributed by atoms with Gasteiger partial charge in [-0.3, -0.25) is 0 Å². The van der Waals surface area contributed by atoms with Crippen LogP contribution in [0.4, 0.5) is 0 Å². The number of benzene rings is 1. The Kier molecular flexibility index (Phi) is 4.38. The molecule has 0 heterocycles. The van der Waals surface area contributed by atoms with Crippen LogP contribution in [0.25, 0.3) is 0 Å². The van der Waals surface area contributed by atoms with Gasteiger partial charge in [0.15, 0.2) is 0 Å². The smallest absolute Gasteiger partial charge is 0.0936 e. The van der Waals surface area contributed by atoms with E-state index in [4.69, 9.17) is 5.73 Å². The Morgan fingerprint density at radius 2 is 2.26 bits per heavy atom. The number of rotatable bonds is 3. The first-order valence-corrected chi connectivity index (χ1v) is 7.89. The van der Waals surface area contributed by atoms with E-state index in [2.05, 4.69) is 22.9 Å². The molecule has 0 spiro atoms. The van der Waals surface area contributed by atoms with Crippen molar-refractivity contribution in [3.63, 3.8) is 0 Å². The van der Waals surface area contributed by atoms with E-state index in [1.165, 1.54) is 6.42 Å². The van der Waals surface area contributed by atoms with Crippen LogP contribution in [0.5, 0.6) is 0 Å². The van der Waals surface area contributed by atoms with Crippen molar-refractivity contribution in [3.8, 4) is 0 Å². The lowest BCUT2D eigenvalue weighted by Gasteiger charge is -2.49. The molecule has 1 aliphatic rings. The molecule has 2 rings (SSSR count). The lowest BCUT2D eigenvalue weighted by atomic mass is 9.59. The van der Waals surface area contributed by atoms with Crippen LogP contribution in [0.2, 0.25) is 0 Å². The van der Waals surface area contributed by atoms with Gasteiger partial charge in [0.05, 0.1) is 5.60 Å². The summed E-state index contributed by atoms with van der Waals surface area (Å²) < 4.78 is 1.00. The molecule has 3 N–H and O–H groups in total. The zero-order chi connectivity index (χ0) is 14.1. The van der Waals surface area contributed by atoms with Gasteiger partial charge in [0.2, 0.25) is 0 Å². The maximum Gasteiger partial charge on any atom is 0.0936 e. The van der Waals surface area contributed by atoms with Crippen LogP contribution in [-0.2, 0) is 5.60 Å². The Balaban J connectivity index is 2.40. The molecular formula is C16H24BrNO. The van der Waals surface area contributed by atoms with Gasteiger partial charge in [-0.25, -0.2) is 0 Å². The molecule has 1 saturated carbocycles. The molecule has 19 heavy (non-hydrogen) atoms. The van der Waals surface area contributed by atoms with E-state index >= 15 is 0 Å². The summed E-state index contributed by atoms with van der Waals surface area (Å²) in [6.45, 7) is 4.73.